The molecular weight excluding hydrogens is 298 g/mol. The van der Waals surface area contributed by atoms with Crippen molar-refractivity contribution in [3.63, 3.8) is 0 Å². The van der Waals surface area contributed by atoms with E-state index >= 15 is 0 Å². The smallest absolute Gasteiger partial charge is 0.319 e. The zero-order valence-electron chi connectivity index (χ0n) is 12.3. The Morgan fingerprint density at radius 2 is 2.36 bits per heavy atom. The van der Waals surface area contributed by atoms with Gasteiger partial charge in [0.2, 0.25) is 0 Å². The van der Waals surface area contributed by atoms with Crippen molar-refractivity contribution < 1.29 is 4.79 Å². The minimum atomic E-state index is -0.222. The number of urea groups is 1. The zero-order valence-corrected chi connectivity index (χ0v) is 13.1. The van der Waals surface area contributed by atoms with Gasteiger partial charge in [-0.3, -0.25) is 4.68 Å². The Labute approximate surface area is 133 Å². The van der Waals surface area contributed by atoms with E-state index in [0.717, 1.165) is 25.8 Å². The summed E-state index contributed by atoms with van der Waals surface area (Å²) in [5.41, 5.74) is 0.675. The number of carbonyl (C=O) groups excluding carboxylic acids is 1. The SMILES string of the molecule is N#CCCCCn1cc(NC(=O)NCCc2cccs2)cn1. The predicted octanol–water partition coefficient (Wildman–Crippen LogP) is 3.00. The molecule has 0 aliphatic rings. The first-order valence-corrected chi connectivity index (χ1v) is 8.12. The van der Waals surface area contributed by atoms with Crippen LogP contribution in [0.25, 0.3) is 0 Å². The Balaban J connectivity index is 1.66. The van der Waals surface area contributed by atoms with Crippen molar-refractivity contribution in [1.82, 2.24) is 15.1 Å². The van der Waals surface area contributed by atoms with Crippen LogP contribution in [0.3, 0.4) is 0 Å². The fraction of sp³-hybridized carbons (Fsp3) is 0.400. The van der Waals surface area contributed by atoms with Gasteiger partial charge in [0.15, 0.2) is 0 Å². The summed E-state index contributed by atoms with van der Waals surface area (Å²) in [5, 5.41) is 20.3. The van der Waals surface area contributed by atoms with Gasteiger partial charge in [0.05, 0.1) is 18.0 Å². The largest absolute Gasteiger partial charge is 0.338 e. The lowest BCUT2D eigenvalue weighted by atomic mass is 10.2. The van der Waals surface area contributed by atoms with Gasteiger partial charge in [-0.25, -0.2) is 4.79 Å². The molecule has 0 saturated carbocycles. The predicted molar refractivity (Wildman–Crippen MR) is 86.7 cm³/mol. The normalized spacial score (nSPS) is 10.1. The molecule has 0 spiro atoms. The molecule has 2 aromatic heterocycles. The van der Waals surface area contributed by atoms with Crippen molar-refractivity contribution in [3.8, 4) is 6.07 Å². The van der Waals surface area contributed by atoms with Crippen LogP contribution >= 0.6 is 11.3 Å². The molecule has 0 fully saturated rings. The highest BCUT2D eigenvalue weighted by atomic mass is 32.1. The summed E-state index contributed by atoms with van der Waals surface area (Å²) >= 11 is 1.69. The molecule has 2 heterocycles. The number of nitrogens with one attached hydrogen (secondary N) is 2. The van der Waals surface area contributed by atoms with Crippen molar-refractivity contribution >= 4 is 23.1 Å². The number of rotatable bonds is 8. The number of aryl methyl sites for hydroxylation is 1. The maximum atomic E-state index is 11.8. The van der Waals surface area contributed by atoms with E-state index in [2.05, 4.69) is 27.9 Å². The molecule has 0 bridgehead atoms. The Morgan fingerprint density at radius 3 is 3.14 bits per heavy atom. The lowest BCUT2D eigenvalue weighted by Gasteiger charge is -2.04. The third-order valence-corrected chi connectivity index (χ3v) is 3.99. The maximum absolute atomic E-state index is 11.8. The summed E-state index contributed by atoms with van der Waals surface area (Å²) < 4.78 is 1.78. The fourth-order valence-electron chi connectivity index (χ4n) is 1.96. The van der Waals surface area contributed by atoms with Crippen LogP contribution < -0.4 is 10.6 Å². The average Bonchev–Trinajstić information content (AvgIpc) is 3.16. The van der Waals surface area contributed by atoms with Crippen molar-refractivity contribution in [2.24, 2.45) is 0 Å². The van der Waals surface area contributed by atoms with Crippen LogP contribution in [0.5, 0.6) is 0 Å². The lowest BCUT2D eigenvalue weighted by Crippen LogP contribution is -2.30. The van der Waals surface area contributed by atoms with Crippen LogP contribution in [-0.4, -0.2) is 22.4 Å². The molecule has 0 radical (unpaired) electrons. The van der Waals surface area contributed by atoms with Gasteiger partial charge in [-0.15, -0.1) is 11.3 Å². The number of hydrogen-bond acceptors (Lipinski definition) is 4. The molecular formula is C15H19N5OS. The summed E-state index contributed by atoms with van der Waals surface area (Å²) in [6.07, 6.45) is 6.60. The number of carbonyl (C=O) groups is 1. The monoisotopic (exact) mass is 317 g/mol. The molecule has 22 heavy (non-hydrogen) atoms. The number of nitriles is 1. The number of thiophene rings is 1. The third-order valence-electron chi connectivity index (χ3n) is 3.05. The first-order chi connectivity index (χ1) is 10.8. The molecule has 0 aromatic carbocycles. The summed E-state index contributed by atoms with van der Waals surface area (Å²) in [6, 6.07) is 5.96. The second-order valence-corrected chi connectivity index (χ2v) is 5.85. The number of aromatic nitrogens is 2. The highest BCUT2D eigenvalue weighted by Gasteiger charge is 2.04. The van der Waals surface area contributed by atoms with E-state index in [1.165, 1.54) is 4.88 Å². The summed E-state index contributed by atoms with van der Waals surface area (Å²) in [4.78, 5) is 13.0. The molecule has 0 aliphatic heterocycles. The van der Waals surface area contributed by atoms with E-state index in [4.69, 9.17) is 5.26 Å². The van der Waals surface area contributed by atoms with Crippen LogP contribution in [0, 0.1) is 11.3 Å². The first kappa shape index (κ1) is 16.0. The number of hydrogen-bond donors (Lipinski definition) is 2. The summed E-state index contributed by atoms with van der Waals surface area (Å²) in [6.45, 7) is 1.36. The molecule has 116 valence electrons. The second kappa shape index (κ2) is 8.85. The van der Waals surface area contributed by atoms with Crippen LogP contribution in [0.15, 0.2) is 29.9 Å². The highest BCUT2D eigenvalue weighted by Crippen LogP contribution is 2.09. The summed E-state index contributed by atoms with van der Waals surface area (Å²) in [5.74, 6) is 0. The topological polar surface area (TPSA) is 82.7 Å². The third kappa shape index (κ3) is 5.58. The Morgan fingerprint density at radius 1 is 1.45 bits per heavy atom. The molecule has 0 aliphatic carbocycles. The van der Waals surface area contributed by atoms with Crippen molar-refractivity contribution in [1.29, 1.82) is 5.26 Å². The van der Waals surface area contributed by atoms with Crippen LogP contribution in [-0.2, 0) is 13.0 Å². The molecule has 0 saturated heterocycles. The highest BCUT2D eigenvalue weighted by molar-refractivity contribution is 7.09. The summed E-state index contributed by atoms with van der Waals surface area (Å²) in [7, 11) is 0. The van der Waals surface area contributed by atoms with Gasteiger partial charge < -0.3 is 10.6 Å². The van der Waals surface area contributed by atoms with Crippen molar-refractivity contribution in [3.05, 3.63) is 34.8 Å². The Hall–Kier alpha value is -2.33. The van der Waals surface area contributed by atoms with Gasteiger partial charge in [-0.2, -0.15) is 10.4 Å². The van der Waals surface area contributed by atoms with Gasteiger partial charge in [-0.05, 0) is 30.7 Å². The van der Waals surface area contributed by atoms with E-state index in [9.17, 15) is 4.79 Å². The number of unbranched alkanes of at least 4 members (excludes halogenated alkanes) is 2. The van der Waals surface area contributed by atoms with Gasteiger partial charge in [0.1, 0.15) is 0 Å². The van der Waals surface area contributed by atoms with Gasteiger partial charge >= 0.3 is 6.03 Å². The van der Waals surface area contributed by atoms with E-state index < -0.39 is 0 Å². The average molecular weight is 317 g/mol. The molecule has 7 heteroatoms. The van der Waals surface area contributed by atoms with Crippen LogP contribution in [0.1, 0.15) is 24.1 Å². The Bertz CT molecular complexity index is 614. The van der Waals surface area contributed by atoms with Crippen LogP contribution in [0.2, 0.25) is 0 Å². The molecule has 6 nitrogen and oxygen atoms in total. The van der Waals surface area contributed by atoms with Crippen LogP contribution in [0.4, 0.5) is 10.5 Å². The van der Waals surface area contributed by atoms with E-state index in [-0.39, 0.29) is 6.03 Å². The first-order valence-electron chi connectivity index (χ1n) is 7.24. The number of amides is 2. The zero-order chi connectivity index (χ0) is 15.6. The van der Waals surface area contributed by atoms with E-state index in [0.29, 0.717) is 18.7 Å². The molecule has 2 rings (SSSR count). The fourth-order valence-corrected chi connectivity index (χ4v) is 2.67. The minimum absolute atomic E-state index is 0.222. The lowest BCUT2D eigenvalue weighted by molar-refractivity contribution is 0.252. The Kier molecular flexibility index (Phi) is 6.45. The maximum Gasteiger partial charge on any atom is 0.319 e. The van der Waals surface area contributed by atoms with Gasteiger partial charge in [0, 0.05) is 30.6 Å². The number of nitrogens with zero attached hydrogens (tertiary/aromatic N) is 3. The van der Waals surface area contributed by atoms with Crippen molar-refractivity contribution in [2.75, 3.05) is 11.9 Å². The molecule has 2 N–H and O–H groups in total. The molecule has 2 amide bonds. The standard InChI is InChI=1S/C15H19N5OS/c16-7-2-1-3-9-20-12-13(11-18-20)19-15(21)17-8-6-14-5-4-10-22-14/h4-5,10-12H,1-3,6,8-9H2,(H2,17,19,21). The van der Waals surface area contributed by atoms with E-state index in [1.807, 2.05) is 11.4 Å². The minimum Gasteiger partial charge on any atom is -0.338 e. The molecule has 2 aromatic rings. The molecule has 0 unspecified atom stereocenters. The van der Waals surface area contributed by atoms with Crippen molar-refractivity contribution in [2.45, 2.75) is 32.2 Å². The van der Waals surface area contributed by atoms with Gasteiger partial charge in [-0.1, -0.05) is 6.07 Å². The quantitative estimate of drug-likeness (QED) is 0.734. The van der Waals surface area contributed by atoms with E-state index in [1.54, 1.807) is 28.4 Å². The second-order valence-electron chi connectivity index (χ2n) is 4.82. The number of anilines is 1. The van der Waals surface area contributed by atoms with Gasteiger partial charge in [0.25, 0.3) is 0 Å². The molecule has 0 atom stereocenters.